The van der Waals surface area contributed by atoms with Crippen LogP contribution in [-0.2, 0) is 10.8 Å². The molecule has 0 heterocycles. The second-order valence-electron chi connectivity index (χ2n) is 18.2. The van der Waals surface area contributed by atoms with Crippen molar-refractivity contribution in [1.82, 2.24) is 0 Å². The lowest BCUT2D eigenvalue weighted by Crippen LogP contribution is -2.26. The molecule has 2 spiro atoms. The molecular formula is C64H39N. The van der Waals surface area contributed by atoms with Crippen molar-refractivity contribution in [2.75, 3.05) is 4.90 Å². The molecule has 0 saturated carbocycles. The predicted octanol–water partition coefficient (Wildman–Crippen LogP) is 16.1. The van der Waals surface area contributed by atoms with Gasteiger partial charge in [-0.15, -0.1) is 0 Å². The Morgan fingerprint density at radius 1 is 0.231 bits per heavy atom. The zero-order valence-corrected chi connectivity index (χ0v) is 35.5. The first-order valence-corrected chi connectivity index (χ1v) is 22.8. The Labute approximate surface area is 378 Å². The molecule has 15 rings (SSSR count). The molecule has 0 amide bonds. The number of para-hydroxylation sites is 1. The highest BCUT2D eigenvalue weighted by atomic mass is 15.1. The van der Waals surface area contributed by atoms with E-state index in [-0.39, 0.29) is 0 Å². The van der Waals surface area contributed by atoms with Crippen LogP contribution in [0.5, 0.6) is 0 Å². The Kier molecular flexibility index (Phi) is 6.88. The summed E-state index contributed by atoms with van der Waals surface area (Å²) in [6, 6.07) is 89.5. The third-order valence-corrected chi connectivity index (χ3v) is 15.5. The standard InChI is InChI=1S/C64H39N/c1-2-18-42(19-3-1)65(43-32-34-50-49-24-10-14-28-55(49)64(59(50)38-43)56-29-15-11-25-51(56)61-45-20-6-4-16-40(45)30-36-57(61)64)44-33-35-52-60(39-44)63(58-37-31-41-17-5-7-21-46(41)62(52)58)53-26-12-8-22-47(53)48-23-9-13-27-54(48)63/h1-39H. The van der Waals surface area contributed by atoms with Gasteiger partial charge in [0, 0.05) is 17.1 Å². The molecule has 1 heteroatoms. The summed E-state index contributed by atoms with van der Waals surface area (Å²) < 4.78 is 0. The lowest BCUT2D eigenvalue weighted by molar-refractivity contribution is 0.793. The van der Waals surface area contributed by atoms with Crippen LogP contribution in [-0.4, -0.2) is 0 Å². The molecule has 0 radical (unpaired) electrons. The first-order valence-electron chi connectivity index (χ1n) is 22.8. The number of fused-ring (bicyclic) bond motifs is 24. The smallest absolute Gasteiger partial charge is 0.0726 e. The van der Waals surface area contributed by atoms with Crippen LogP contribution in [0.15, 0.2) is 237 Å². The summed E-state index contributed by atoms with van der Waals surface area (Å²) in [4.78, 5) is 2.50. The summed E-state index contributed by atoms with van der Waals surface area (Å²) in [6.07, 6.45) is 0. The van der Waals surface area contributed by atoms with Gasteiger partial charge in [0.15, 0.2) is 0 Å². The molecule has 1 unspecified atom stereocenters. The quantitative estimate of drug-likeness (QED) is 0.172. The zero-order chi connectivity index (χ0) is 42.4. The Bertz CT molecular complexity index is 3810. The topological polar surface area (TPSA) is 3.24 Å². The largest absolute Gasteiger partial charge is 0.310 e. The van der Waals surface area contributed by atoms with Gasteiger partial charge in [0.1, 0.15) is 0 Å². The monoisotopic (exact) mass is 821 g/mol. The van der Waals surface area contributed by atoms with Gasteiger partial charge < -0.3 is 4.90 Å². The Morgan fingerprint density at radius 3 is 1.12 bits per heavy atom. The minimum Gasteiger partial charge on any atom is -0.310 e. The molecular weight excluding hydrogens is 783 g/mol. The van der Waals surface area contributed by atoms with Gasteiger partial charge in [-0.25, -0.2) is 0 Å². The Morgan fingerprint density at radius 2 is 0.600 bits per heavy atom. The van der Waals surface area contributed by atoms with Gasteiger partial charge in [0.05, 0.1) is 10.8 Å². The van der Waals surface area contributed by atoms with Gasteiger partial charge in [-0.1, -0.05) is 200 Å². The summed E-state index contributed by atoms with van der Waals surface area (Å²) in [6.45, 7) is 0. The molecule has 4 aliphatic carbocycles. The van der Waals surface area contributed by atoms with E-state index in [0.29, 0.717) is 0 Å². The molecule has 300 valence electrons. The van der Waals surface area contributed by atoms with Gasteiger partial charge in [-0.2, -0.15) is 0 Å². The Hall–Kier alpha value is -8.26. The van der Waals surface area contributed by atoms with Crippen LogP contribution in [0, 0.1) is 0 Å². The van der Waals surface area contributed by atoms with E-state index in [1.807, 2.05) is 0 Å². The van der Waals surface area contributed by atoms with Crippen molar-refractivity contribution in [3.8, 4) is 44.5 Å². The van der Waals surface area contributed by atoms with E-state index in [9.17, 15) is 0 Å². The third kappa shape index (κ3) is 4.29. The van der Waals surface area contributed by atoms with Crippen LogP contribution in [0.1, 0.15) is 44.5 Å². The van der Waals surface area contributed by atoms with Crippen molar-refractivity contribution < 1.29 is 0 Å². The number of rotatable bonds is 3. The molecule has 0 saturated heterocycles. The van der Waals surface area contributed by atoms with Gasteiger partial charge in [0.2, 0.25) is 0 Å². The molecule has 0 aliphatic heterocycles. The van der Waals surface area contributed by atoms with Crippen LogP contribution in [0.25, 0.3) is 66.1 Å². The maximum atomic E-state index is 2.53. The lowest BCUT2D eigenvalue weighted by Gasteiger charge is -2.33. The molecule has 0 bridgehead atoms. The normalized spacial score (nSPS) is 15.9. The highest BCUT2D eigenvalue weighted by Crippen LogP contribution is 2.66. The molecule has 1 nitrogen and oxygen atoms in total. The van der Waals surface area contributed by atoms with E-state index in [2.05, 4.69) is 241 Å². The van der Waals surface area contributed by atoms with Crippen LogP contribution in [0.3, 0.4) is 0 Å². The van der Waals surface area contributed by atoms with E-state index in [1.165, 1.54) is 111 Å². The van der Waals surface area contributed by atoms with Crippen molar-refractivity contribution in [1.29, 1.82) is 0 Å². The number of nitrogens with zero attached hydrogens (tertiary/aromatic N) is 1. The van der Waals surface area contributed by atoms with E-state index in [0.717, 1.165) is 17.1 Å². The summed E-state index contributed by atoms with van der Waals surface area (Å²) in [5.41, 5.74) is 23.7. The summed E-state index contributed by atoms with van der Waals surface area (Å²) in [5, 5.41) is 5.13. The second kappa shape index (κ2) is 12.7. The van der Waals surface area contributed by atoms with Crippen molar-refractivity contribution in [2.24, 2.45) is 0 Å². The number of hydrogen-bond acceptors (Lipinski definition) is 1. The lowest BCUT2D eigenvalue weighted by atomic mass is 9.70. The number of anilines is 3. The van der Waals surface area contributed by atoms with Gasteiger partial charge in [0.25, 0.3) is 0 Å². The van der Waals surface area contributed by atoms with Crippen molar-refractivity contribution >= 4 is 38.6 Å². The van der Waals surface area contributed by atoms with E-state index < -0.39 is 10.8 Å². The summed E-state index contributed by atoms with van der Waals surface area (Å²) in [5.74, 6) is 0. The van der Waals surface area contributed by atoms with Gasteiger partial charge >= 0.3 is 0 Å². The maximum Gasteiger partial charge on any atom is 0.0726 e. The fourth-order valence-electron chi connectivity index (χ4n) is 13.1. The molecule has 0 N–H and O–H groups in total. The van der Waals surface area contributed by atoms with Crippen molar-refractivity contribution in [2.45, 2.75) is 10.8 Å². The molecule has 0 fully saturated rings. The predicted molar refractivity (Wildman–Crippen MR) is 269 cm³/mol. The third-order valence-electron chi connectivity index (χ3n) is 15.5. The number of benzene rings is 11. The zero-order valence-electron chi connectivity index (χ0n) is 35.5. The molecule has 4 aliphatic rings. The molecule has 1 atom stereocenters. The minimum atomic E-state index is -0.484. The minimum absolute atomic E-state index is 0.482. The van der Waals surface area contributed by atoms with Crippen molar-refractivity contribution in [3.05, 3.63) is 281 Å². The van der Waals surface area contributed by atoms with E-state index in [4.69, 9.17) is 0 Å². The summed E-state index contributed by atoms with van der Waals surface area (Å²) in [7, 11) is 0. The molecule has 0 aromatic heterocycles. The van der Waals surface area contributed by atoms with Gasteiger partial charge in [-0.3, -0.25) is 0 Å². The van der Waals surface area contributed by atoms with Crippen LogP contribution < -0.4 is 4.90 Å². The average molecular weight is 822 g/mol. The van der Waals surface area contributed by atoms with E-state index >= 15 is 0 Å². The summed E-state index contributed by atoms with van der Waals surface area (Å²) >= 11 is 0. The second-order valence-corrected chi connectivity index (χ2v) is 18.2. The first kappa shape index (κ1) is 35.2. The molecule has 11 aromatic carbocycles. The fraction of sp³-hybridized carbons (Fsp3) is 0.0312. The maximum absolute atomic E-state index is 2.53. The SMILES string of the molecule is c1ccc(N(c2ccc3c(c2)C2(c4ccccc4-3)c3ccccc3-c3c2ccc2ccccc32)c2ccc3c(c2)C2(c4ccccc4-c4ccccc42)c2ccc4ccccc4c2-3)cc1. The highest BCUT2D eigenvalue weighted by Gasteiger charge is 2.54. The molecule has 65 heavy (non-hydrogen) atoms. The molecule has 11 aromatic rings. The van der Waals surface area contributed by atoms with Crippen LogP contribution >= 0.6 is 0 Å². The first-order chi connectivity index (χ1) is 32.3. The fourth-order valence-corrected chi connectivity index (χ4v) is 13.1. The van der Waals surface area contributed by atoms with Crippen LogP contribution in [0.4, 0.5) is 17.1 Å². The van der Waals surface area contributed by atoms with Crippen LogP contribution in [0.2, 0.25) is 0 Å². The van der Waals surface area contributed by atoms with Gasteiger partial charge in [-0.05, 0) is 147 Å². The average Bonchev–Trinajstić information content (AvgIpc) is 4.06. The highest BCUT2D eigenvalue weighted by molar-refractivity contribution is 6.08. The Balaban J connectivity index is 1.01. The number of hydrogen-bond donors (Lipinski definition) is 0. The van der Waals surface area contributed by atoms with Crippen molar-refractivity contribution in [3.63, 3.8) is 0 Å². The van der Waals surface area contributed by atoms with E-state index in [1.54, 1.807) is 0 Å².